The minimum atomic E-state index is 0. The van der Waals surface area contributed by atoms with Gasteiger partial charge in [-0.05, 0) is 16.9 Å². The van der Waals surface area contributed by atoms with E-state index in [2.05, 4.69) is 45.0 Å². The Bertz CT molecular complexity index is 454. The summed E-state index contributed by atoms with van der Waals surface area (Å²) >= 11 is 0. The second-order valence-corrected chi connectivity index (χ2v) is 6.12. The molecule has 0 fully saturated rings. The fourth-order valence-corrected chi connectivity index (χ4v) is 1.75. The molecule has 1 aromatic carbocycles. The maximum atomic E-state index is 11.2. The molecule has 0 saturated carbocycles. The van der Waals surface area contributed by atoms with Crippen molar-refractivity contribution < 1.29 is 22.2 Å². The summed E-state index contributed by atoms with van der Waals surface area (Å²) in [5.74, 6) is 0.340. The molecule has 1 aliphatic carbocycles. The summed E-state index contributed by atoms with van der Waals surface area (Å²) in [7, 11) is 0. The minimum Gasteiger partial charge on any atom is -0.875 e. The Morgan fingerprint density at radius 1 is 1.15 bits per heavy atom. The Morgan fingerprint density at radius 3 is 2.00 bits per heavy atom. The standard InChI is InChI=1S/C9H12O.C9H13.Fe/c1-7(2)9(10)8-5-3-4-6-8;1-9(2,3)8-6-4-5-7-8;/h3-7,10H,1-2H3;4-7H,1-3H3;/q;-1;+2/p-1. The van der Waals surface area contributed by atoms with E-state index in [1.807, 2.05) is 38.2 Å². The Balaban J connectivity index is 0.000000345. The van der Waals surface area contributed by atoms with Crippen LogP contribution in [0.15, 0.2) is 59.9 Å². The molecule has 0 aromatic heterocycles. The Morgan fingerprint density at radius 2 is 1.70 bits per heavy atom. The van der Waals surface area contributed by atoms with Crippen molar-refractivity contribution in [3.63, 3.8) is 0 Å². The third-order valence-corrected chi connectivity index (χ3v) is 3.00. The first-order valence-corrected chi connectivity index (χ1v) is 6.80. The SMILES string of the molecule is CC(C)(C)c1ccc[cH-]1.CC(C)C([O-])=C1C=CC=C1.[Fe+2]. The van der Waals surface area contributed by atoms with Gasteiger partial charge in [0.25, 0.3) is 0 Å². The van der Waals surface area contributed by atoms with E-state index in [-0.39, 0.29) is 28.7 Å². The van der Waals surface area contributed by atoms with Gasteiger partial charge in [-0.25, -0.2) is 12.1 Å². The third-order valence-electron chi connectivity index (χ3n) is 3.00. The van der Waals surface area contributed by atoms with E-state index in [1.54, 1.807) is 0 Å². The fourth-order valence-electron chi connectivity index (χ4n) is 1.75. The van der Waals surface area contributed by atoms with Crippen LogP contribution in [0.3, 0.4) is 0 Å². The van der Waals surface area contributed by atoms with Crippen molar-refractivity contribution in [2.45, 2.75) is 40.0 Å². The molecule has 20 heavy (non-hydrogen) atoms. The molecule has 0 N–H and O–H groups in total. The van der Waals surface area contributed by atoms with Crippen LogP contribution in [0.4, 0.5) is 0 Å². The second kappa shape index (κ2) is 8.24. The number of allylic oxidation sites excluding steroid dienone is 6. The molecule has 2 heteroatoms. The van der Waals surface area contributed by atoms with Crippen LogP contribution < -0.4 is 5.11 Å². The molecule has 0 bridgehead atoms. The van der Waals surface area contributed by atoms with Gasteiger partial charge in [-0.3, -0.25) is 0 Å². The summed E-state index contributed by atoms with van der Waals surface area (Å²) < 4.78 is 0. The zero-order chi connectivity index (χ0) is 14.5. The molecule has 2 rings (SSSR count). The van der Waals surface area contributed by atoms with Crippen LogP contribution in [-0.2, 0) is 22.5 Å². The van der Waals surface area contributed by atoms with Crippen molar-refractivity contribution in [1.82, 2.24) is 0 Å². The summed E-state index contributed by atoms with van der Waals surface area (Å²) in [5.41, 5.74) is 2.57. The van der Waals surface area contributed by atoms with Crippen molar-refractivity contribution in [1.29, 1.82) is 0 Å². The van der Waals surface area contributed by atoms with Crippen molar-refractivity contribution in [2.75, 3.05) is 0 Å². The van der Waals surface area contributed by atoms with Gasteiger partial charge in [-0.2, -0.15) is 17.7 Å². The van der Waals surface area contributed by atoms with Crippen molar-refractivity contribution in [2.24, 2.45) is 5.92 Å². The van der Waals surface area contributed by atoms with Gasteiger partial charge in [0.15, 0.2) is 0 Å². The average molecular weight is 312 g/mol. The first-order valence-electron chi connectivity index (χ1n) is 6.80. The molecule has 0 atom stereocenters. The zero-order valence-electron chi connectivity index (χ0n) is 13.0. The predicted molar refractivity (Wildman–Crippen MR) is 80.9 cm³/mol. The van der Waals surface area contributed by atoms with Gasteiger partial charge in [0.1, 0.15) is 0 Å². The molecule has 0 radical (unpaired) electrons. The molecular formula is C18H24FeO. The molecule has 1 nitrogen and oxygen atoms in total. The smallest absolute Gasteiger partial charge is 0.875 e. The van der Waals surface area contributed by atoms with Crippen molar-refractivity contribution in [3.05, 3.63) is 65.5 Å². The molecule has 0 unspecified atom stereocenters. The summed E-state index contributed by atoms with van der Waals surface area (Å²) in [6.45, 7) is 10.5. The van der Waals surface area contributed by atoms with Gasteiger partial charge in [0, 0.05) is 0 Å². The van der Waals surface area contributed by atoms with E-state index in [9.17, 15) is 5.11 Å². The van der Waals surface area contributed by atoms with Gasteiger partial charge < -0.3 is 5.11 Å². The molecule has 110 valence electrons. The first kappa shape index (κ1) is 18.9. The first-order chi connectivity index (χ1) is 8.82. The molecule has 0 amide bonds. The van der Waals surface area contributed by atoms with E-state index < -0.39 is 0 Å². The molecule has 0 saturated heterocycles. The molecule has 1 aromatic rings. The maximum Gasteiger partial charge on any atom is 2.00 e. The maximum absolute atomic E-state index is 11.2. The van der Waals surface area contributed by atoms with Crippen LogP contribution in [0.5, 0.6) is 0 Å². The third kappa shape index (κ3) is 5.90. The van der Waals surface area contributed by atoms with Crippen LogP contribution >= 0.6 is 0 Å². The summed E-state index contributed by atoms with van der Waals surface area (Å²) in [6.07, 6.45) is 7.47. The average Bonchev–Trinajstić information content (AvgIpc) is 3.01. The van der Waals surface area contributed by atoms with Crippen LogP contribution in [-0.4, -0.2) is 0 Å². The van der Waals surface area contributed by atoms with E-state index in [0.717, 1.165) is 5.57 Å². The quantitative estimate of drug-likeness (QED) is 0.435. The topological polar surface area (TPSA) is 23.1 Å². The largest absolute Gasteiger partial charge is 2.00 e. The van der Waals surface area contributed by atoms with Gasteiger partial charge in [-0.15, -0.1) is 5.76 Å². The molecular weight excluding hydrogens is 288 g/mol. The summed E-state index contributed by atoms with van der Waals surface area (Å²) in [4.78, 5) is 0. The van der Waals surface area contributed by atoms with Crippen LogP contribution in [0, 0.1) is 5.92 Å². The van der Waals surface area contributed by atoms with E-state index in [1.165, 1.54) is 5.56 Å². The Hall–Kier alpha value is -1.11. The molecule has 0 heterocycles. The fraction of sp³-hybridized carbons (Fsp3) is 0.389. The van der Waals surface area contributed by atoms with Gasteiger partial charge in [0.05, 0.1) is 0 Å². The van der Waals surface area contributed by atoms with E-state index in [4.69, 9.17) is 0 Å². The predicted octanol–water partition coefficient (Wildman–Crippen LogP) is 4.08. The molecule has 0 spiro atoms. The van der Waals surface area contributed by atoms with Gasteiger partial charge in [-0.1, -0.05) is 58.9 Å². The Kier molecular flexibility index (Phi) is 7.78. The second-order valence-electron chi connectivity index (χ2n) is 6.12. The number of rotatable bonds is 1. The summed E-state index contributed by atoms with van der Waals surface area (Å²) in [5, 5.41) is 11.2. The zero-order valence-corrected chi connectivity index (χ0v) is 14.1. The van der Waals surface area contributed by atoms with Crippen LogP contribution in [0.1, 0.15) is 40.2 Å². The number of hydrogen-bond acceptors (Lipinski definition) is 1. The molecule has 1 aliphatic rings. The Labute approximate surface area is 133 Å². The van der Waals surface area contributed by atoms with Gasteiger partial charge >= 0.3 is 17.1 Å². The normalized spacial score (nSPS) is 13.0. The molecule has 0 aliphatic heterocycles. The van der Waals surface area contributed by atoms with Crippen LogP contribution in [0.25, 0.3) is 0 Å². The van der Waals surface area contributed by atoms with Crippen molar-refractivity contribution in [3.8, 4) is 0 Å². The van der Waals surface area contributed by atoms with E-state index in [0.29, 0.717) is 5.41 Å². The van der Waals surface area contributed by atoms with Crippen LogP contribution in [0.2, 0.25) is 0 Å². The summed E-state index contributed by atoms with van der Waals surface area (Å²) in [6, 6.07) is 8.50. The van der Waals surface area contributed by atoms with E-state index >= 15 is 0 Å². The minimum absolute atomic E-state index is 0. The van der Waals surface area contributed by atoms with Crippen molar-refractivity contribution >= 4 is 0 Å². The monoisotopic (exact) mass is 312 g/mol. The number of hydrogen-bond donors (Lipinski definition) is 0. The van der Waals surface area contributed by atoms with Gasteiger partial charge in [0.2, 0.25) is 0 Å².